The summed E-state index contributed by atoms with van der Waals surface area (Å²) >= 11 is 0. The van der Waals surface area contributed by atoms with E-state index in [1.54, 1.807) is 12.1 Å². The van der Waals surface area contributed by atoms with Gasteiger partial charge in [-0.2, -0.15) is 0 Å². The summed E-state index contributed by atoms with van der Waals surface area (Å²) in [6.07, 6.45) is 8.59. The van der Waals surface area contributed by atoms with Gasteiger partial charge in [0.25, 0.3) is 0 Å². The number of aryl methyl sites for hydroxylation is 1. The number of hydrogen-bond acceptors (Lipinski definition) is 2. The Morgan fingerprint density at radius 3 is 2.50 bits per heavy atom. The highest BCUT2D eigenvalue weighted by molar-refractivity contribution is 5.47. The van der Waals surface area contributed by atoms with Crippen molar-refractivity contribution in [2.24, 2.45) is 11.3 Å². The molecule has 2 rings (SSSR count). The molecule has 0 saturated heterocycles. The molecule has 0 amide bonds. The van der Waals surface area contributed by atoms with Crippen molar-refractivity contribution < 1.29 is 10.2 Å². The zero-order chi connectivity index (χ0) is 17.9. The van der Waals surface area contributed by atoms with E-state index >= 15 is 0 Å². The van der Waals surface area contributed by atoms with E-state index in [0.29, 0.717) is 23.3 Å². The molecule has 1 aliphatic carbocycles. The molecule has 2 N–H and O–H groups in total. The van der Waals surface area contributed by atoms with E-state index in [1.165, 1.54) is 30.4 Å². The number of benzene rings is 1. The van der Waals surface area contributed by atoms with Gasteiger partial charge >= 0.3 is 0 Å². The van der Waals surface area contributed by atoms with Crippen LogP contribution in [0.5, 0.6) is 11.5 Å². The van der Waals surface area contributed by atoms with Gasteiger partial charge in [0, 0.05) is 5.56 Å². The Labute approximate surface area is 146 Å². The van der Waals surface area contributed by atoms with E-state index < -0.39 is 0 Å². The van der Waals surface area contributed by atoms with Crippen molar-refractivity contribution in [3.05, 3.63) is 47.1 Å². The van der Waals surface area contributed by atoms with Gasteiger partial charge in [-0.15, -0.1) is 0 Å². The molecule has 132 valence electrons. The van der Waals surface area contributed by atoms with Crippen LogP contribution >= 0.6 is 0 Å². The smallest absolute Gasteiger partial charge is 0.123 e. The van der Waals surface area contributed by atoms with E-state index in [1.807, 2.05) is 6.92 Å². The minimum absolute atomic E-state index is 0.179. The number of allylic oxidation sites excluding steroid dienone is 3. The molecule has 0 bridgehead atoms. The molecule has 1 aliphatic rings. The molecule has 1 atom stereocenters. The molecule has 0 aliphatic heterocycles. The average Bonchev–Trinajstić information content (AvgIpc) is 2.44. The Kier molecular flexibility index (Phi) is 5.79. The lowest BCUT2D eigenvalue weighted by atomic mass is 9.65. The lowest BCUT2D eigenvalue weighted by Crippen LogP contribution is -2.29. The van der Waals surface area contributed by atoms with Crippen molar-refractivity contribution in [1.29, 1.82) is 0 Å². The molecule has 1 aromatic carbocycles. The van der Waals surface area contributed by atoms with Crippen LogP contribution in [0.4, 0.5) is 0 Å². The van der Waals surface area contributed by atoms with Crippen molar-refractivity contribution in [2.45, 2.75) is 66.2 Å². The van der Waals surface area contributed by atoms with Crippen LogP contribution in [0.1, 0.15) is 64.0 Å². The molecule has 2 nitrogen and oxygen atoms in total. The summed E-state index contributed by atoms with van der Waals surface area (Å²) in [4.78, 5) is 0. The quantitative estimate of drug-likeness (QED) is 0.645. The molecule has 1 unspecified atom stereocenters. The third kappa shape index (κ3) is 4.43. The maximum absolute atomic E-state index is 10.0. The van der Waals surface area contributed by atoms with Gasteiger partial charge in [-0.05, 0) is 81.4 Å². The van der Waals surface area contributed by atoms with Crippen LogP contribution in [0, 0.1) is 18.3 Å². The zero-order valence-electron chi connectivity index (χ0n) is 15.7. The summed E-state index contributed by atoms with van der Waals surface area (Å²) in [5.41, 5.74) is 4.55. The van der Waals surface area contributed by atoms with Crippen LogP contribution in [-0.4, -0.2) is 10.2 Å². The minimum Gasteiger partial charge on any atom is -0.508 e. The van der Waals surface area contributed by atoms with Crippen molar-refractivity contribution in [3.8, 4) is 11.5 Å². The molecule has 24 heavy (non-hydrogen) atoms. The molecule has 1 saturated carbocycles. The van der Waals surface area contributed by atoms with Crippen LogP contribution in [0.3, 0.4) is 0 Å². The molecule has 0 aromatic heterocycles. The lowest BCUT2D eigenvalue weighted by Gasteiger charge is -2.40. The van der Waals surface area contributed by atoms with Crippen molar-refractivity contribution in [2.75, 3.05) is 0 Å². The summed E-state index contributed by atoms with van der Waals surface area (Å²) in [5.74, 6) is 0.951. The molecule has 1 fully saturated rings. The van der Waals surface area contributed by atoms with E-state index in [4.69, 9.17) is 0 Å². The number of aromatic hydroxyl groups is 2. The molecular formula is C22H32O2. The lowest BCUT2D eigenvalue weighted by molar-refractivity contribution is 0.180. The highest BCUT2D eigenvalue weighted by Crippen LogP contribution is 2.45. The van der Waals surface area contributed by atoms with Crippen LogP contribution in [-0.2, 0) is 6.42 Å². The van der Waals surface area contributed by atoms with Crippen molar-refractivity contribution >= 4 is 0 Å². The monoisotopic (exact) mass is 328 g/mol. The van der Waals surface area contributed by atoms with E-state index in [-0.39, 0.29) is 11.5 Å². The number of phenols is 2. The predicted octanol–water partition coefficient (Wildman–Crippen LogP) is 6.06. The first kappa shape index (κ1) is 18.6. The molecule has 0 radical (unpaired) electrons. The minimum atomic E-state index is 0.179. The van der Waals surface area contributed by atoms with Gasteiger partial charge in [0.05, 0.1) is 0 Å². The van der Waals surface area contributed by atoms with E-state index in [9.17, 15) is 10.2 Å². The van der Waals surface area contributed by atoms with Crippen LogP contribution < -0.4 is 0 Å². The second-order valence-electron chi connectivity index (χ2n) is 8.13. The van der Waals surface area contributed by atoms with Crippen LogP contribution in [0.15, 0.2) is 35.9 Å². The fraction of sp³-hybridized carbons (Fsp3) is 0.545. The fourth-order valence-electron chi connectivity index (χ4n) is 4.00. The number of rotatable bonds is 5. The molecule has 2 heteroatoms. The first-order chi connectivity index (χ1) is 11.2. The third-order valence-corrected chi connectivity index (χ3v) is 5.58. The topological polar surface area (TPSA) is 40.5 Å². The molecule has 0 spiro atoms. The van der Waals surface area contributed by atoms with Crippen molar-refractivity contribution in [1.82, 2.24) is 0 Å². The van der Waals surface area contributed by atoms with Crippen LogP contribution in [0.2, 0.25) is 0 Å². The Balaban J connectivity index is 1.99. The molecule has 1 aromatic rings. The van der Waals surface area contributed by atoms with Gasteiger partial charge in [-0.1, -0.05) is 37.6 Å². The van der Waals surface area contributed by atoms with E-state index in [2.05, 4.69) is 33.4 Å². The summed E-state index contributed by atoms with van der Waals surface area (Å²) < 4.78 is 0. The largest absolute Gasteiger partial charge is 0.508 e. The summed E-state index contributed by atoms with van der Waals surface area (Å²) in [6, 6.07) is 3.40. The third-order valence-electron chi connectivity index (χ3n) is 5.58. The Hall–Kier alpha value is -1.70. The number of phenolic OH excluding ortho intramolecular Hbond substituents is 2. The zero-order valence-corrected chi connectivity index (χ0v) is 15.7. The molecular weight excluding hydrogens is 296 g/mol. The average molecular weight is 328 g/mol. The predicted molar refractivity (Wildman–Crippen MR) is 101 cm³/mol. The van der Waals surface area contributed by atoms with Gasteiger partial charge in [-0.3, -0.25) is 0 Å². The molecule has 0 heterocycles. The summed E-state index contributed by atoms with van der Waals surface area (Å²) in [7, 11) is 0. The maximum Gasteiger partial charge on any atom is 0.123 e. The first-order valence-corrected chi connectivity index (χ1v) is 9.05. The van der Waals surface area contributed by atoms with Gasteiger partial charge in [-0.25, -0.2) is 0 Å². The van der Waals surface area contributed by atoms with Crippen molar-refractivity contribution in [3.63, 3.8) is 0 Å². The van der Waals surface area contributed by atoms with Crippen LogP contribution in [0.25, 0.3) is 0 Å². The van der Waals surface area contributed by atoms with Gasteiger partial charge in [0.15, 0.2) is 0 Å². The van der Waals surface area contributed by atoms with Gasteiger partial charge in [0.1, 0.15) is 11.5 Å². The first-order valence-electron chi connectivity index (χ1n) is 9.05. The Morgan fingerprint density at radius 2 is 1.92 bits per heavy atom. The second-order valence-corrected chi connectivity index (χ2v) is 8.13. The Bertz CT molecular complexity index is 614. The maximum atomic E-state index is 10.0. The highest BCUT2D eigenvalue weighted by Gasteiger charge is 2.33. The Morgan fingerprint density at radius 1 is 1.29 bits per heavy atom. The summed E-state index contributed by atoms with van der Waals surface area (Å²) in [5, 5.41) is 20.0. The number of hydrogen-bond donors (Lipinski definition) is 2. The standard InChI is InChI=1S/C22H32O2/c1-15(8-10-18-20(23)13-16(2)14-21(18)24)9-11-19-17(3)7-6-12-22(19,4)5/h8,13-14,19,23-24H,3,6-7,9-12H2,1-2,4-5H3/b15-8+. The van der Waals surface area contributed by atoms with Gasteiger partial charge in [0.2, 0.25) is 0 Å². The second kappa shape index (κ2) is 7.46. The normalized spacial score (nSPS) is 21.1. The van der Waals surface area contributed by atoms with E-state index in [0.717, 1.165) is 18.4 Å². The highest BCUT2D eigenvalue weighted by atomic mass is 16.3. The summed E-state index contributed by atoms with van der Waals surface area (Å²) in [6.45, 7) is 13.0. The fourth-order valence-corrected chi connectivity index (χ4v) is 4.00. The van der Waals surface area contributed by atoms with Gasteiger partial charge < -0.3 is 10.2 Å². The SMILES string of the molecule is C=C1CCCC(C)(C)C1CC/C(C)=C/Cc1c(O)cc(C)cc1O.